The Bertz CT molecular complexity index is 641. The van der Waals surface area contributed by atoms with Crippen LogP contribution in [-0.2, 0) is 12.0 Å². The normalized spacial score (nSPS) is 13.8. The molecule has 1 atom stereocenters. The van der Waals surface area contributed by atoms with E-state index >= 15 is 0 Å². The summed E-state index contributed by atoms with van der Waals surface area (Å²) in [5, 5.41) is 0. The van der Waals surface area contributed by atoms with Crippen molar-refractivity contribution in [2.75, 3.05) is 0 Å². The van der Waals surface area contributed by atoms with Crippen LogP contribution in [0, 0.1) is 6.92 Å². The van der Waals surface area contributed by atoms with Gasteiger partial charge in [0.15, 0.2) is 0 Å². The number of aryl methyl sites for hydroxylation is 2. The van der Waals surface area contributed by atoms with Crippen LogP contribution in [0.3, 0.4) is 0 Å². The Morgan fingerprint density at radius 3 is 2.32 bits per heavy atom. The predicted octanol–water partition coefficient (Wildman–Crippen LogP) is 4.69. The lowest BCUT2D eigenvalue weighted by Crippen LogP contribution is -2.29. The number of nitrogens with zero attached hydrogens (tertiary/aromatic N) is 1. The molecule has 1 aromatic carbocycles. The molecule has 1 aromatic heterocycles. The SMILES string of the molecule is CCCC(CC)(CCn1ccccc1=O)c1ccc(C)cc1. The summed E-state index contributed by atoms with van der Waals surface area (Å²) in [4.78, 5) is 11.9. The van der Waals surface area contributed by atoms with Gasteiger partial charge < -0.3 is 4.57 Å². The summed E-state index contributed by atoms with van der Waals surface area (Å²) in [6.45, 7) is 7.42. The second-order valence-corrected chi connectivity index (χ2v) is 6.23. The van der Waals surface area contributed by atoms with Crippen molar-refractivity contribution >= 4 is 0 Å². The van der Waals surface area contributed by atoms with Gasteiger partial charge in [-0.2, -0.15) is 0 Å². The predicted molar refractivity (Wildman–Crippen MR) is 93.4 cm³/mol. The largest absolute Gasteiger partial charge is 0.316 e. The lowest BCUT2D eigenvalue weighted by molar-refractivity contribution is 0.325. The topological polar surface area (TPSA) is 22.0 Å². The zero-order chi connectivity index (χ0) is 16.0. The Kier molecular flexibility index (Phi) is 5.59. The number of hydrogen-bond acceptors (Lipinski definition) is 1. The van der Waals surface area contributed by atoms with E-state index in [0.29, 0.717) is 0 Å². The monoisotopic (exact) mass is 297 g/mol. The van der Waals surface area contributed by atoms with Crippen LogP contribution in [0.15, 0.2) is 53.5 Å². The first-order chi connectivity index (χ1) is 10.6. The van der Waals surface area contributed by atoms with E-state index in [1.54, 1.807) is 12.1 Å². The first-order valence-electron chi connectivity index (χ1n) is 8.34. The Balaban J connectivity index is 2.27. The molecule has 0 fully saturated rings. The maximum atomic E-state index is 11.9. The third-order valence-electron chi connectivity index (χ3n) is 4.80. The molecule has 22 heavy (non-hydrogen) atoms. The fourth-order valence-electron chi connectivity index (χ4n) is 3.34. The summed E-state index contributed by atoms with van der Waals surface area (Å²) in [7, 11) is 0. The zero-order valence-electron chi connectivity index (χ0n) is 14.0. The molecule has 2 aromatic rings. The van der Waals surface area contributed by atoms with Gasteiger partial charge in [-0.3, -0.25) is 4.79 Å². The van der Waals surface area contributed by atoms with Gasteiger partial charge in [-0.1, -0.05) is 56.2 Å². The van der Waals surface area contributed by atoms with Crippen molar-refractivity contribution in [1.29, 1.82) is 0 Å². The van der Waals surface area contributed by atoms with Gasteiger partial charge in [0.2, 0.25) is 5.56 Å². The third-order valence-corrected chi connectivity index (χ3v) is 4.80. The minimum absolute atomic E-state index is 0.0907. The van der Waals surface area contributed by atoms with E-state index in [-0.39, 0.29) is 11.0 Å². The van der Waals surface area contributed by atoms with E-state index in [4.69, 9.17) is 0 Å². The molecule has 2 heteroatoms. The zero-order valence-corrected chi connectivity index (χ0v) is 14.0. The molecule has 0 aliphatic rings. The molecule has 0 saturated carbocycles. The fourth-order valence-corrected chi connectivity index (χ4v) is 3.34. The standard InChI is InChI=1S/C20H27NO/c1-4-13-20(5-2,18-11-9-17(3)10-12-18)14-16-21-15-7-6-8-19(21)22/h6-12,15H,4-5,13-14,16H2,1-3H3. The van der Waals surface area contributed by atoms with Gasteiger partial charge in [0.1, 0.15) is 0 Å². The van der Waals surface area contributed by atoms with Crippen LogP contribution < -0.4 is 5.56 Å². The molecule has 0 bridgehead atoms. The first kappa shape index (κ1) is 16.5. The van der Waals surface area contributed by atoms with Crippen molar-refractivity contribution in [1.82, 2.24) is 4.57 Å². The Labute approximate surface area is 133 Å². The molecule has 1 heterocycles. The number of hydrogen-bond donors (Lipinski definition) is 0. The number of aromatic nitrogens is 1. The minimum atomic E-state index is 0.0907. The van der Waals surface area contributed by atoms with Crippen LogP contribution >= 0.6 is 0 Å². The highest BCUT2D eigenvalue weighted by atomic mass is 16.1. The molecule has 0 aliphatic carbocycles. The third kappa shape index (κ3) is 3.68. The Hall–Kier alpha value is -1.83. The first-order valence-corrected chi connectivity index (χ1v) is 8.34. The van der Waals surface area contributed by atoms with Crippen LogP contribution in [0.5, 0.6) is 0 Å². The summed E-state index contributed by atoms with van der Waals surface area (Å²) in [6, 6.07) is 14.3. The maximum absolute atomic E-state index is 11.9. The molecular formula is C20H27NO. The number of rotatable bonds is 7. The van der Waals surface area contributed by atoms with Gasteiger partial charge in [0, 0.05) is 18.8 Å². The van der Waals surface area contributed by atoms with Crippen LogP contribution in [0.4, 0.5) is 0 Å². The lowest BCUT2D eigenvalue weighted by Gasteiger charge is -2.34. The number of benzene rings is 1. The smallest absolute Gasteiger partial charge is 0.250 e. The lowest BCUT2D eigenvalue weighted by atomic mass is 9.72. The molecule has 0 radical (unpaired) electrons. The minimum Gasteiger partial charge on any atom is -0.316 e. The molecular weight excluding hydrogens is 270 g/mol. The van der Waals surface area contributed by atoms with Crippen molar-refractivity contribution in [3.05, 3.63) is 70.1 Å². The van der Waals surface area contributed by atoms with Crippen molar-refractivity contribution < 1.29 is 0 Å². The Morgan fingerprint density at radius 1 is 1.00 bits per heavy atom. The van der Waals surface area contributed by atoms with E-state index < -0.39 is 0 Å². The highest BCUT2D eigenvalue weighted by Gasteiger charge is 2.29. The van der Waals surface area contributed by atoms with Gasteiger partial charge in [0.05, 0.1) is 0 Å². The van der Waals surface area contributed by atoms with Crippen LogP contribution in [0.2, 0.25) is 0 Å². The van der Waals surface area contributed by atoms with Crippen molar-refractivity contribution in [2.45, 2.75) is 58.4 Å². The number of pyridine rings is 1. The van der Waals surface area contributed by atoms with Crippen LogP contribution in [-0.4, -0.2) is 4.57 Å². The van der Waals surface area contributed by atoms with Crippen molar-refractivity contribution in [3.63, 3.8) is 0 Å². The van der Waals surface area contributed by atoms with Gasteiger partial charge >= 0.3 is 0 Å². The average molecular weight is 297 g/mol. The summed E-state index contributed by atoms with van der Waals surface area (Å²) in [5.41, 5.74) is 2.96. The molecule has 2 rings (SSSR count). The van der Waals surface area contributed by atoms with E-state index in [1.807, 2.05) is 16.8 Å². The summed E-state index contributed by atoms with van der Waals surface area (Å²) < 4.78 is 1.83. The molecule has 0 saturated heterocycles. The molecule has 0 amide bonds. The van der Waals surface area contributed by atoms with E-state index in [9.17, 15) is 4.79 Å². The van der Waals surface area contributed by atoms with Gasteiger partial charge in [-0.25, -0.2) is 0 Å². The van der Waals surface area contributed by atoms with Gasteiger partial charge in [-0.05, 0) is 43.2 Å². The second-order valence-electron chi connectivity index (χ2n) is 6.23. The second kappa shape index (κ2) is 7.44. The molecule has 0 spiro atoms. The van der Waals surface area contributed by atoms with E-state index in [2.05, 4.69) is 45.0 Å². The van der Waals surface area contributed by atoms with E-state index in [1.165, 1.54) is 11.1 Å². The van der Waals surface area contributed by atoms with Crippen molar-refractivity contribution in [3.8, 4) is 0 Å². The fraction of sp³-hybridized carbons (Fsp3) is 0.450. The molecule has 0 aliphatic heterocycles. The molecule has 0 N–H and O–H groups in total. The van der Waals surface area contributed by atoms with Crippen LogP contribution in [0.25, 0.3) is 0 Å². The highest BCUT2D eigenvalue weighted by Crippen LogP contribution is 2.37. The van der Waals surface area contributed by atoms with Gasteiger partial charge in [-0.15, -0.1) is 0 Å². The average Bonchev–Trinajstić information content (AvgIpc) is 2.54. The quantitative estimate of drug-likeness (QED) is 0.726. The maximum Gasteiger partial charge on any atom is 0.250 e. The van der Waals surface area contributed by atoms with Crippen molar-refractivity contribution in [2.24, 2.45) is 0 Å². The Morgan fingerprint density at radius 2 is 1.73 bits per heavy atom. The summed E-state index contributed by atoms with van der Waals surface area (Å²) >= 11 is 0. The van der Waals surface area contributed by atoms with Gasteiger partial charge in [0.25, 0.3) is 0 Å². The summed E-state index contributed by atoms with van der Waals surface area (Å²) in [5.74, 6) is 0. The molecule has 118 valence electrons. The highest BCUT2D eigenvalue weighted by molar-refractivity contribution is 5.28. The van der Waals surface area contributed by atoms with E-state index in [0.717, 1.165) is 32.2 Å². The molecule has 1 unspecified atom stereocenters. The van der Waals surface area contributed by atoms with Crippen LogP contribution in [0.1, 0.15) is 50.7 Å². The molecule has 2 nitrogen and oxygen atoms in total. The summed E-state index contributed by atoms with van der Waals surface area (Å²) in [6.07, 6.45) is 6.32.